The Kier molecular flexibility index (Phi) is 3.37. The molecule has 3 nitrogen and oxygen atoms in total. The second-order valence-corrected chi connectivity index (χ2v) is 3.71. The van der Waals surface area contributed by atoms with E-state index in [9.17, 15) is 0 Å². The Morgan fingerprint density at radius 1 is 1.31 bits per heavy atom. The van der Waals surface area contributed by atoms with Crippen molar-refractivity contribution in [3.63, 3.8) is 0 Å². The highest BCUT2D eigenvalue weighted by Gasteiger charge is 2.07. The lowest BCUT2D eigenvalue weighted by molar-refractivity contribution is 0.482. The molecule has 84 valence electrons. The van der Waals surface area contributed by atoms with Crippen molar-refractivity contribution in [3.8, 4) is 11.3 Å². The average Bonchev–Trinajstić information content (AvgIpc) is 2.75. The maximum absolute atomic E-state index is 5.68. The molecular formula is C13H16N2O. The van der Waals surface area contributed by atoms with Gasteiger partial charge in [0, 0.05) is 5.56 Å². The second-order valence-electron chi connectivity index (χ2n) is 3.71. The zero-order chi connectivity index (χ0) is 11.4. The van der Waals surface area contributed by atoms with Gasteiger partial charge in [-0.25, -0.2) is 4.98 Å². The van der Waals surface area contributed by atoms with Crippen LogP contribution < -0.4 is 5.32 Å². The first-order valence-corrected chi connectivity index (χ1v) is 5.52. The Morgan fingerprint density at radius 2 is 2.12 bits per heavy atom. The molecule has 0 bridgehead atoms. The zero-order valence-corrected chi connectivity index (χ0v) is 9.66. The van der Waals surface area contributed by atoms with Gasteiger partial charge in [-0.05, 0) is 19.0 Å². The molecule has 0 unspecified atom stereocenters. The van der Waals surface area contributed by atoms with Crippen molar-refractivity contribution in [2.24, 2.45) is 0 Å². The van der Waals surface area contributed by atoms with Gasteiger partial charge in [0.2, 0.25) is 5.89 Å². The van der Waals surface area contributed by atoms with Crippen LogP contribution in [0.1, 0.15) is 18.4 Å². The summed E-state index contributed by atoms with van der Waals surface area (Å²) in [7, 11) is 0. The molecule has 1 aromatic carbocycles. The molecule has 0 saturated carbocycles. The van der Waals surface area contributed by atoms with E-state index < -0.39 is 0 Å². The van der Waals surface area contributed by atoms with Gasteiger partial charge in [-0.3, -0.25) is 0 Å². The van der Waals surface area contributed by atoms with Crippen molar-refractivity contribution in [2.45, 2.75) is 20.4 Å². The van der Waals surface area contributed by atoms with Crippen LogP contribution >= 0.6 is 0 Å². The topological polar surface area (TPSA) is 38.1 Å². The number of oxazole rings is 1. The summed E-state index contributed by atoms with van der Waals surface area (Å²) in [5, 5.41) is 3.19. The molecule has 0 radical (unpaired) electrons. The summed E-state index contributed by atoms with van der Waals surface area (Å²) in [5.41, 5.74) is 2.31. The van der Waals surface area contributed by atoms with E-state index >= 15 is 0 Å². The molecule has 1 N–H and O–H groups in total. The molecule has 0 saturated heterocycles. The van der Waals surface area contributed by atoms with E-state index in [2.05, 4.69) is 30.2 Å². The van der Waals surface area contributed by atoms with Crippen LogP contribution in [0, 0.1) is 6.92 Å². The quantitative estimate of drug-likeness (QED) is 0.854. The fraction of sp³-hybridized carbons (Fsp3) is 0.308. The zero-order valence-electron chi connectivity index (χ0n) is 9.66. The minimum atomic E-state index is 0.683. The summed E-state index contributed by atoms with van der Waals surface area (Å²) >= 11 is 0. The van der Waals surface area contributed by atoms with Crippen LogP contribution in [0.15, 0.2) is 34.9 Å². The van der Waals surface area contributed by atoms with Crippen molar-refractivity contribution in [1.82, 2.24) is 10.3 Å². The first-order chi connectivity index (χ1) is 7.81. The predicted octanol–water partition coefficient (Wildman–Crippen LogP) is 2.76. The van der Waals surface area contributed by atoms with Crippen LogP contribution in [0.2, 0.25) is 0 Å². The SMILES string of the molecule is CCNCc1ncc(-c2ccccc2C)o1. The monoisotopic (exact) mass is 216 g/mol. The third-order valence-corrected chi connectivity index (χ3v) is 2.49. The summed E-state index contributed by atoms with van der Waals surface area (Å²) in [6.07, 6.45) is 1.79. The summed E-state index contributed by atoms with van der Waals surface area (Å²) in [6, 6.07) is 8.15. The van der Waals surface area contributed by atoms with Gasteiger partial charge in [0.15, 0.2) is 5.76 Å². The van der Waals surface area contributed by atoms with Crippen molar-refractivity contribution in [1.29, 1.82) is 0 Å². The highest BCUT2D eigenvalue weighted by molar-refractivity contribution is 5.60. The molecule has 0 spiro atoms. The average molecular weight is 216 g/mol. The molecule has 1 heterocycles. The Bertz CT molecular complexity index is 462. The van der Waals surface area contributed by atoms with E-state index in [1.54, 1.807) is 6.20 Å². The summed E-state index contributed by atoms with van der Waals surface area (Å²) < 4.78 is 5.68. The molecule has 0 fully saturated rings. The third-order valence-electron chi connectivity index (χ3n) is 2.49. The number of rotatable bonds is 4. The van der Waals surface area contributed by atoms with E-state index in [4.69, 9.17) is 4.42 Å². The van der Waals surface area contributed by atoms with E-state index in [-0.39, 0.29) is 0 Å². The van der Waals surface area contributed by atoms with E-state index in [1.807, 2.05) is 18.2 Å². The van der Waals surface area contributed by atoms with Gasteiger partial charge in [0.1, 0.15) is 0 Å². The van der Waals surface area contributed by atoms with E-state index in [0.717, 1.165) is 23.8 Å². The molecular weight excluding hydrogens is 200 g/mol. The van der Waals surface area contributed by atoms with Gasteiger partial charge in [-0.2, -0.15) is 0 Å². The maximum atomic E-state index is 5.68. The third kappa shape index (κ3) is 2.31. The predicted molar refractivity (Wildman–Crippen MR) is 64.1 cm³/mol. The summed E-state index contributed by atoms with van der Waals surface area (Å²) in [6.45, 7) is 5.73. The Morgan fingerprint density at radius 3 is 2.88 bits per heavy atom. The molecule has 2 aromatic rings. The standard InChI is InChI=1S/C13H16N2O/c1-3-14-9-13-15-8-12(16-13)11-7-5-4-6-10(11)2/h4-8,14H,3,9H2,1-2H3. The maximum Gasteiger partial charge on any atom is 0.208 e. The molecule has 16 heavy (non-hydrogen) atoms. The van der Waals surface area contributed by atoms with Crippen LogP contribution in [0.4, 0.5) is 0 Å². The normalized spacial score (nSPS) is 10.6. The number of aryl methyl sites for hydroxylation is 1. The van der Waals surface area contributed by atoms with Gasteiger partial charge in [0.05, 0.1) is 12.7 Å². The smallest absolute Gasteiger partial charge is 0.208 e. The molecule has 0 amide bonds. The second kappa shape index (κ2) is 4.94. The van der Waals surface area contributed by atoms with Crippen molar-refractivity contribution in [2.75, 3.05) is 6.54 Å². The van der Waals surface area contributed by atoms with Crippen LogP contribution in [0.3, 0.4) is 0 Å². The molecule has 0 aliphatic rings. The fourth-order valence-electron chi connectivity index (χ4n) is 1.60. The molecule has 1 aromatic heterocycles. The molecule has 2 rings (SSSR count). The minimum absolute atomic E-state index is 0.683. The number of hydrogen-bond donors (Lipinski definition) is 1. The van der Waals surface area contributed by atoms with Gasteiger partial charge < -0.3 is 9.73 Å². The highest BCUT2D eigenvalue weighted by Crippen LogP contribution is 2.23. The highest BCUT2D eigenvalue weighted by atomic mass is 16.4. The van der Waals surface area contributed by atoms with E-state index in [1.165, 1.54) is 5.56 Å². The first-order valence-electron chi connectivity index (χ1n) is 5.52. The first kappa shape index (κ1) is 10.9. The number of nitrogens with one attached hydrogen (secondary N) is 1. The Balaban J connectivity index is 2.22. The van der Waals surface area contributed by atoms with Gasteiger partial charge in [-0.15, -0.1) is 0 Å². The molecule has 0 aliphatic heterocycles. The van der Waals surface area contributed by atoms with E-state index in [0.29, 0.717) is 6.54 Å². The van der Waals surface area contributed by atoms with Crippen molar-refractivity contribution < 1.29 is 4.42 Å². The number of aromatic nitrogens is 1. The largest absolute Gasteiger partial charge is 0.439 e. The fourth-order valence-corrected chi connectivity index (χ4v) is 1.60. The number of hydrogen-bond acceptors (Lipinski definition) is 3. The molecule has 0 atom stereocenters. The van der Waals surface area contributed by atoms with Gasteiger partial charge in [0.25, 0.3) is 0 Å². The van der Waals surface area contributed by atoms with Crippen LogP contribution in [-0.2, 0) is 6.54 Å². The minimum Gasteiger partial charge on any atom is -0.439 e. The lowest BCUT2D eigenvalue weighted by Gasteiger charge is -2.00. The van der Waals surface area contributed by atoms with Gasteiger partial charge >= 0.3 is 0 Å². The lowest BCUT2D eigenvalue weighted by atomic mass is 10.1. The molecule has 0 aliphatic carbocycles. The van der Waals surface area contributed by atoms with Crippen LogP contribution in [0.25, 0.3) is 11.3 Å². The van der Waals surface area contributed by atoms with Crippen LogP contribution in [0.5, 0.6) is 0 Å². The Hall–Kier alpha value is -1.61. The van der Waals surface area contributed by atoms with Gasteiger partial charge in [-0.1, -0.05) is 31.2 Å². The van der Waals surface area contributed by atoms with Crippen molar-refractivity contribution >= 4 is 0 Å². The molecule has 3 heteroatoms. The Labute approximate surface area is 95.5 Å². The van der Waals surface area contributed by atoms with Crippen LogP contribution in [-0.4, -0.2) is 11.5 Å². The summed E-state index contributed by atoms with van der Waals surface area (Å²) in [5.74, 6) is 1.58. The lowest BCUT2D eigenvalue weighted by Crippen LogP contribution is -2.11. The number of benzene rings is 1. The number of nitrogens with zero attached hydrogens (tertiary/aromatic N) is 1. The summed E-state index contributed by atoms with van der Waals surface area (Å²) in [4.78, 5) is 4.24. The van der Waals surface area contributed by atoms with Crippen molar-refractivity contribution in [3.05, 3.63) is 41.9 Å².